The summed E-state index contributed by atoms with van der Waals surface area (Å²) < 4.78 is 11.1. The zero-order chi connectivity index (χ0) is 14.2. The Kier molecular flexibility index (Phi) is 3.61. The number of aliphatic hydroxyl groups excluding tert-OH is 1. The molecule has 110 valence electrons. The molecule has 0 aromatic heterocycles. The first-order chi connectivity index (χ1) is 9.53. The highest BCUT2D eigenvalue weighted by molar-refractivity contribution is 5.44. The van der Waals surface area contributed by atoms with Gasteiger partial charge in [0.15, 0.2) is 11.5 Å². The van der Waals surface area contributed by atoms with Gasteiger partial charge in [0.2, 0.25) is 0 Å². The fourth-order valence-electron chi connectivity index (χ4n) is 3.00. The van der Waals surface area contributed by atoms with Crippen LogP contribution in [0.25, 0.3) is 0 Å². The number of likely N-dealkylation sites (tertiary alicyclic amines) is 1. The maximum atomic E-state index is 10.4. The summed E-state index contributed by atoms with van der Waals surface area (Å²) in [5.74, 6) is 1.52. The lowest BCUT2D eigenvalue weighted by Gasteiger charge is -2.24. The lowest BCUT2D eigenvalue weighted by atomic mass is 9.93. The first kappa shape index (κ1) is 13.7. The van der Waals surface area contributed by atoms with E-state index in [1.165, 1.54) is 6.42 Å². The van der Waals surface area contributed by atoms with E-state index in [2.05, 4.69) is 18.7 Å². The van der Waals surface area contributed by atoms with Gasteiger partial charge in [-0.25, -0.2) is 0 Å². The van der Waals surface area contributed by atoms with Gasteiger partial charge in [0.25, 0.3) is 0 Å². The largest absolute Gasteiger partial charge is 0.486 e. The molecule has 1 saturated heterocycles. The summed E-state index contributed by atoms with van der Waals surface area (Å²) in [6, 6.07) is 5.72. The maximum Gasteiger partial charge on any atom is 0.161 e. The van der Waals surface area contributed by atoms with Crippen LogP contribution < -0.4 is 9.47 Å². The number of β-amino-alcohol motifs (C(OH)–C–C–N with tert-alkyl or cyclic N) is 1. The lowest BCUT2D eigenvalue weighted by Crippen LogP contribution is -2.28. The normalized spacial score (nSPS) is 22.8. The molecule has 0 saturated carbocycles. The van der Waals surface area contributed by atoms with E-state index in [-0.39, 0.29) is 0 Å². The van der Waals surface area contributed by atoms with Gasteiger partial charge in [0.05, 0.1) is 6.10 Å². The Labute approximate surface area is 120 Å². The Balaban J connectivity index is 1.66. The summed E-state index contributed by atoms with van der Waals surface area (Å²) in [6.45, 7) is 8.53. The van der Waals surface area contributed by atoms with Crippen molar-refractivity contribution >= 4 is 0 Å². The van der Waals surface area contributed by atoms with Crippen LogP contribution in [0.2, 0.25) is 0 Å². The summed E-state index contributed by atoms with van der Waals surface area (Å²) in [6.07, 6.45) is 0.723. The molecule has 0 bridgehead atoms. The van der Waals surface area contributed by atoms with Crippen LogP contribution >= 0.6 is 0 Å². The average Bonchev–Trinajstić information content (AvgIpc) is 2.77. The van der Waals surface area contributed by atoms with Gasteiger partial charge >= 0.3 is 0 Å². The van der Waals surface area contributed by atoms with Crippen molar-refractivity contribution in [3.63, 3.8) is 0 Å². The van der Waals surface area contributed by atoms with Crippen molar-refractivity contribution in [1.29, 1.82) is 0 Å². The average molecular weight is 277 g/mol. The summed E-state index contributed by atoms with van der Waals surface area (Å²) >= 11 is 0. The molecule has 2 aliphatic heterocycles. The minimum atomic E-state index is -0.472. The molecular formula is C16H23NO3. The predicted molar refractivity (Wildman–Crippen MR) is 77.2 cm³/mol. The van der Waals surface area contributed by atoms with E-state index in [9.17, 15) is 5.11 Å². The zero-order valence-corrected chi connectivity index (χ0v) is 12.3. The molecule has 0 amide bonds. The van der Waals surface area contributed by atoms with E-state index in [0.717, 1.165) is 30.2 Å². The quantitative estimate of drug-likeness (QED) is 0.920. The molecule has 20 heavy (non-hydrogen) atoms. The molecule has 4 heteroatoms. The van der Waals surface area contributed by atoms with Gasteiger partial charge in [-0.05, 0) is 36.1 Å². The number of rotatable bonds is 3. The SMILES string of the molecule is CC1(C)CCN(CC(O)c2ccc3c(c2)OCCO3)C1. The number of fused-ring (bicyclic) bond motifs is 1. The zero-order valence-electron chi connectivity index (χ0n) is 12.3. The van der Waals surface area contributed by atoms with Crippen LogP contribution in [0, 0.1) is 5.41 Å². The van der Waals surface area contributed by atoms with Gasteiger partial charge in [0.1, 0.15) is 13.2 Å². The van der Waals surface area contributed by atoms with Crippen molar-refractivity contribution in [2.24, 2.45) is 5.41 Å². The number of aliphatic hydroxyl groups is 1. The fourth-order valence-corrected chi connectivity index (χ4v) is 3.00. The standard InChI is InChI=1S/C16H23NO3/c1-16(2)5-6-17(11-16)10-13(18)12-3-4-14-15(9-12)20-8-7-19-14/h3-4,9,13,18H,5-8,10-11H2,1-2H3. The summed E-state index contributed by atoms with van der Waals surface area (Å²) in [7, 11) is 0. The van der Waals surface area contributed by atoms with Crippen LogP contribution in [-0.4, -0.2) is 42.9 Å². The monoisotopic (exact) mass is 277 g/mol. The number of ether oxygens (including phenoxy) is 2. The molecule has 1 N–H and O–H groups in total. The smallest absolute Gasteiger partial charge is 0.161 e. The minimum Gasteiger partial charge on any atom is -0.486 e. The van der Waals surface area contributed by atoms with E-state index in [4.69, 9.17) is 9.47 Å². The third kappa shape index (κ3) is 2.91. The second-order valence-corrected chi connectivity index (χ2v) is 6.57. The molecule has 0 radical (unpaired) electrons. The van der Waals surface area contributed by atoms with Crippen molar-refractivity contribution in [3.05, 3.63) is 23.8 Å². The van der Waals surface area contributed by atoms with Gasteiger partial charge in [-0.2, -0.15) is 0 Å². The Morgan fingerprint density at radius 1 is 1.25 bits per heavy atom. The number of hydrogen-bond acceptors (Lipinski definition) is 4. The van der Waals surface area contributed by atoms with Crippen LogP contribution in [0.4, 0.5) is 0 Å². The molecule has 2 aliphatic rings. The van der Waals surface area contributed by atoms with E-state index in [0.29, 0.717) is 25.2 Å². The van der Waals surface area contributed by atoms with E-state index in [1.54, 1.807) is 0 Å². The Hall–Kier alpha value is -1.26. The van der Waals surface area contributed by atoms with Gasteiger partial charge in [0, 0.05) is 13.1 Å². The van der Waals surface area contributed by atoms with E-state index >= 15 is 0 Å². The molecule has 1 fully saturated rings. The van der Waals surface area contributed by atoms with Gasteiger partial charge in [-0.1, -0.05) is 19.9 Å². The second-order valence-electron chi connectivity index (χ2n) is 6.57. The van der Waals surface area contributed by atoms with Crippen molar-refractivity contribution in [3.8, 4) is 11.5 Å². The lowest BCUT2D eigenvalue weighted by molar-refractivity contribution is 0.119. The highest BCUT2D eigenvalue weighted by Crippen LogP contribution is 2.34. The molecule has 4 nitrogen and oxygen atoms in total. The van der Waals surface area contributed by atoms with Gasteiger partial charge in [-0.15, -0.1) is 0 Å². The van der Waals surface area contributed by atoms with Crippen LogP contribution in [0.3, 0.4) is 0 Å². The number of hydrogen-bond donors (Lipinski definition) is 1. The Bertz CT molecular complexity index is 487. The van der Waals surface area contributed by atoms with Crippen molar-refractivity contribution in [1.82, 2.24) is 4.90 Å². The van der Waals surface area contributed by atoms with Crippen LogP contribution in [0.1, 0.15) is 31.9 Å². The molecule has 1 atom stereocenters. The van der Waals surface area contributed by atoms with Crippen molar-refractivity contribution in [2.45, 2.75) is 26.4 Å². The fraction of sp³-hybridized carbons (Fsp3) is 0.625. The molecule has 1 aromatic carbocycles. The molecule has 0 aliphatic carbocycles. The van der Waals surface area contributed by atoms with Crippen LogP contribution in [0.15, 0.2) is 18.2 Å². The number of benzene rings is 1. The van der Waals surface area contributed by atoms with Gasteiger partial charge in [-0.3, -0.25) is 4.90 Å². The van der Waals surface area contributed by atoms with E-state index in [1.807, 2.05) is 18.2 Å². The molecule has 0 spiro atoms. The van der Waals surface area contributed by atoms with Crippen molar-refractivity contribution in [2.75, 3.05) is 32.8 Å². The summed E-state index contributed by atoms with van der Waals surface area (Å²) in [5.41, 5.74) is 1.27. The van der Waals surface area contributed by atoms with Crippen molar-refractivity contribution < 1.29 is 14.6 Å². The third-order valence-electron chi connectivity index (χ3n) is 4.14. The highest BCUT2D eigenvalue weighted by atomic mass is 16.6. The predicted octanol–water partition coefficient (Wildman–Crippen LogP) is 2.22. The molecule has 2 heterocycles. The molecule has 1 aromatic rings. The third-order valence-corrected chi connectivity index (χ3v) is 4.14. The first-order valence-corrected chi connectivity index (χ1v) is 7.33. The topological polar surface area (TPSA) is 41.9 Å². The number of nitrogens with zero attached hydrogens (tertiary/aromatic N) is 1. The summed E-state index contributed by atoms with van der Waals surface area (Å²) in [5, 5.41) is 10.4. The Morgan fingerprint density at radius 2 is 2.00 bits per heavy atom. The molecule has 1 unspecified atom stereocenters. The van der Waals surface area contributed by atoms with E-state index < -0.39 is 6.10 Å². The van der Waals surface area contributed by atoms with Crippen LogP contribution in [0.5, 0.6) is 11.5 Å². The second kappa shape index (κ2) is 5.26. The maximum absolute atomic E-state index is 10.4. The summed E-state index contributed by atoms with van der Waals surface area (Å²) in [4.78, 5) is 2.33. The first-order valence-electron chi connectivity index (χ1n) is 7.33. The molecule has 3 rings (SSSR count). The highest BCUT2D eigenvalue weighted by Gasteiger charge is 2.30. The minimum absolute atomic E-state index is 0.368. The van der Waals surface area contributed by atoms with Crippen LogP contribution in [-0.2, 0) is 0 Å². The molecular weight excluding hydrogens is 254 g/mol. The Morgan fingerprint density at radius 3 is 2.70 bits per heavy atom. The van der Waals surface area contributed by atoms with Gasteiger partial charge < -0.3 is 14.6 Å².